The maximum Gasteiger partial charge on any atom is 0.229 e. The van der Waals surface area contributed by atoms with E-state index in [-0.39, 0.29) is 30.4 Å². The minimum absolute atomic E-state index is 0.0197. The first kappa shape index (κ1) is 20.2. The summed E-state index contributed by atoms with van der Waals surface area (Å²) in [5.41, 5.74) is 0.0623. The molecule has 5 aliphatic rings. The molecule has 0 aromatic heterocycles. The van der Waals surface area contributed by atoms with Crippen molar-refractivity contribution in [1.29, 1.82) is 0 Å². The van der Waals surface area contributed by atoms with Gasteiger partial charge in [-0.15, -0.1) is 0 Å². The molecule has 1 saturated carbocycles. The molecule has 5 atom stereocenters. The number of aliphatic hydroxyl groups is 1. The Kier molecular flexibility index (Phi) is 4.14. The van der Waals surface area contributed by atoms with E-state index in [1.807, 2.05) is 25.3 Å². The molecule has 1 amide bonds. The molecule has 4 aliphatic heterocycles. The fraction of sp³-hybridized carbons (Fsp3) is 0.583. The van der Waals surface area contributed by atoms with Gasteiger partial charge < -0.3 is 29.1 Å². The average molecular weight is 440 g/mol. The maximum absolute atomic E-state index is 14.1. The van der Waals surface area contributed by atoms with Crippen molar-refractivity contribution in [3.8, 4) is 11.5 Å². The third kappa shape index (κ3) is 2.27. The number of fused-ring (bicyclic) bond motifs is 2. The van der Waals surface area contributed by atoms with Gasteiger partial charge in [0.1, 0.15) is 11.4 Å². The number of carbonyl (C=O) groups excluding carboxylic acids is 2. The molecule has 0 spiro atoms. The van der Waals surface area contributed by atoms with E-state index >= 15 is 0 Å². The van der Waals surface area contributed by atoms with Crippen LogP contribution in [0.5, 0.6) is 11.5 Å². The lowest BCUT2D eigenvalue weighted by Gasteiger charge is -2.56. The molecule has 1 aromatic carbocycles. The van der Waals surface area contributed by atoms with Crippen LogP contribution in [0.3, 0.4) is 0 Å². The molecule has 2 saturated heterocycles. The van der Waals surface area contributed by atoms with Gasteiger partial charge in [0.05, 0.1) is 50.5 Å². The molecule has 170 valence electrons. The molecule has 4 heterocycles. The van der Waals surface area contributed by atoms with Crippen molar-refractivity contribution in [2.45, 2.75) is 42.4 Å². The monoisotopic (exact) mass is 440 g/mol. The highest BCUT2D eigenvalue weighted by Crippen LogP contribution is 2.62. The molecule has 0 radical (unpaired) electrons. The predicted molar refractivity (Wildman–Crippen MR) is 115 cm³/mol. The van der Waals surface area contributed by atoms with E-state index in [1.54, 1.807) is 19.1 Å². The number of ether oxygens (including phenoxy) is 3. The summed E-state index contributed by atoms with van der Waals surface area (Å²) >= 11 is 0. The second-order valence-corrected chi connectivity index (χ2v) is 9.75. The number of amides is 1. The second kappa shape index (κ2) is 6.56. The number of hydrogen-bond donors (Lipinski definition) is 1. The van der Waals surface area contributed by atoms with Crippen LogP contribution in [0, 0.1) is 5.92 Å². The van der Waals surface area contributed by atoms with Crippen LogP contribution in [0.25, 0.3) is 0 Å². The normalized spacial score (nSPS) is 37.8. The second-order valence-electron chi connectivity index (χ2n) is 9.75. The Morgan fingerprint density at radius 2 is 1.94 bits per heavy atom. The summed E-state index contributed by atoms with van der Waals surface area (Å²) in [7, 11) is 5.14. The zero-order chi connectivity index (χ0) is 22.4. The molecule has 1 aromatic rings. The van der Waals surface area contributed by atoms with Crippen LogP contribution in [-0.2, 0) is 19.7 Å². The number of likely N-dealkylation sites (N-methyl/N-ethyl adjacent to an activating group) is 1. The van der Waals surface area contributed by atoms with E-state index < -0.39 is 23.2 Å². The number of benzene rings is 1. The molecule has 32 heavy (non-hydrogen) atoms. The first-order valence-electron chi connectivity index (χ1n) is 11.2. The molecule has 8 heteroatoms. The quantitative estimate of drug-likeness (QED) is 0.688. The molecule has 8 nitrogen and oxygen atoms in total. The van der Waals surface area contributed by atoms with Gasteiger partial charge in [-0.3, -0.25) is 9.59 Å². The minimum atomic E-state index is -1.33. The van der Waals surface area contributed by atoms with Crippen LogP contribution < -0.4 is 14.4 Å². The van der Waals surface area contributed by atoms with Gasteiger partial charge in [-0.05, 0) is 37.2 Å². The Balaban J connectivity index is 1.68. The summed E-state index contributed by atoms with van der Waals surface area (Å²) in [6, 6.07) is 3.17. The summed E-state index contributed by atoms with van der Waals surface area (Å²) < 4.78 is 17.2. The van der Waals surface area contributed by atoms with Gasteiger partial charge in [0.15, 0.2) is 11.5 Å². The highest BCUT2D eigenvalue weighted by molar-refractivity contribution is 6.07. The fourth-order valence-electron chi connectivity index (χ4n) is 7.02. The lowest BCUT2D eigenvalue weighted by atomic mass is 9.53. The van der Waals surface area contributed by atoms with Crippen molar-refractivity contribution in [3.05, 3.63) is 29.3 Å². The number of Topliss-reactive ketones (excluding diaryl/α,β-unsaturated/α-hetero) is 1. The van der Waals surface area contributed by atoms with Crippen LogP contribution >= 0.6 is 0 Å². The summed E-state index contributed by atoms with van der Waals surface area (Å²) in [6.07, 6.45) is 2.26. The molecule has 5 unspecified atom stereocenters. The summed E-state index contributed by atoms with van der Waals surface area (Å²) in [6.45, 7) is 1.58. The van der Waals surface area contributed by atoms with Gasteiger partial charge >= 0.3 is 0 Å². The number of nitrogens with zero attached hydrogens (tertiary/aromatic N) is 2. The molecule has 1 aliphatic carbocycles. The molecule has 6 rings (SSSR count). The lowest BCUT2D eigenvalue weighted by molar-refractivity contribution is -0.157. The number of methoxy groups -OCH3 is 2. The standard InChI is InChI=1S/C24H28N2O6/c1-25-6-5-23-14-8-16(30-2)17(31-3)9-15(14)26-20(28)10-18-21(22(23)26)24(29,11-19(23)27)13(12-25)4-7-32-18/h4,8-9,18,21-22,29H,5-7,10-12H2,1-3H3. The van der Waals surface area contributed by atoms with Crippen LogP contribution in [0.2, 0.25) is 0 Å². The predicted octanol–water partition coefficient (Wildman–Crippen LogP) is 1.04. The van der Waals surface area contributed by atoms with Gasteiger partial charge in [0.2, 0.25) is 5.91 Å². The number of ketones is 1. The van der Waals surface area contributed by atoms with E-state index in [0.29, 0.717) is 43.3 Å². The maximum atomic E-state index is 14.1. The van der Waals surface area contributed by atoms with Gasteiger partial charge in [-0.25, -0.2) is 0 Å². The fourth-order valence-corrected chi connectivity index (χ4v) is 7.02. The zero-order valence-electron chi connectivity index (χ0n) is 18.6. The zero-order valence-corrected chi connectivity index (χ0v) is 18.6. The largest absolute Gasteiger partial charge is 0.493 e. The highest BCUT2D eigenvalue weighted by Gasteiger charge is 2.71. The van der Waals surface area contributed by atoms with Gasteiger partial charge in [0, 0.05) is 24.9 Å². The molecular formula is C24H28N2O6. The average Bonchev–Trinajstić information content (AvgIpc) is 3.01. The number of carbonyl (C=O) groups is 2. The number of anilines is 1. The first-order valence-corrected chi connectivity index (χ1v) is 11.2. The van der Waals surface area contributed by atoms with E-state index in [2.05, 4.69) is 4.90 Å². The van der Waals surface area contributed by atoms with Crippen LogP contribution in [0.4, 0.5) is 5.69 Å². The number of hydrogen-bond acceptors (Lipinski definition) is 7. The van der Waals surface area contributed by atoms with E-state index in [1.165, 1.54) is 0 Å². The molecular weight excluding hydrogens is 412 g/mol. The third-order valence-corrected chi connectivity index (χ3v) is 8.41. The van der Waals surface area contributed by atoms with Crippen molar-refractivity contribution in [2.75, 3.05) is 45.9 Å². The minimum Gasteiger partial charge on any atom is -0.493 e. The lowest BCUT2D eigenvalue weighted by Crippen LogP contribution is -2.71. The Morgan fingerprint density at radius 1 is 1.19 bits per heavy atom. The van der Waals surface area contributed by atoms with E-state index in [9.17, 15) is 14.7 Å². The van der Waals surface area contributed by atoms with Gasteiger partial charge in [-0.2, -0.15) is 0 Å². The van der Waals surface area contributed by atoms with Crippen molar-refractivity contribution in [2.24, 2.45) is 5.92 Å². The Bertz CT molecular complexity index is 1070. The van der Waals surface area contributed by atoms with Crippen LogP contribution in [-0.4, -0.2) is 80.4 Å². The highest BCUT2D eigenvalue weighted by atomic mass is 16.5. The van der Waals surface area contributed by atoms with Crippen molar-refractivity contribution in [1.82, 2.24) is 4.90 Å². The van der Waals surface area contributed by atoms with E-state index in [0.717, 1.165) is 11.1 Å². The number of rotatable bonds is 2. The first-order chi connectivity index (χ1) is 15.3. The summed E-state index contributed by atoms with van der Waals surface area (Å²) in [4.78, 5) is 31.5. The van der Waals surface area contributed by atoms with Crippen LogP contribution in [0.1, 0.15) is 24.8 Å². The van der Waals surface area contributed by atoms with Crippen LogP contribution in [0.15, 0.2) is 23.8 Å². The Morgan fingerprint density at radius 3 is 2.69 bits per heavy atom. The van der Waals surface area contributed by atoms with E-state index in [4.69, 9.17) is 14.2 Å². The third-order valence-electron chi connectivity index (χ3n) is 8.41. The van der Waals surface area contributed by atoms with Crippen molar-refractivity contribution >= 4 is 17.4 Å². The van der Waals surface area contributed by atoms with Gasteiger partial charge in [0.25, 0.3) is 0 Å². The smallest absolute Gasteiger partial charge is 0.229 e. The SMILES string of the molecule is COc1cc2c(cc1OC)C13CCN(C)CC4=CCOC5CC(=O)N2C1C5C4(O)CC3=O. The van der Waals surface area contributed by atoms with Gasteiger partial charge in [-0.1, -0.05) is 6.08 Å². The molecule has 1 N–H and O–H groups in total. The van der Waals surface area contributed by atoms with Crippen molar-refractivity contribution < 1.29 is 28.9 Å². The Labute approximate surface area is 186 Å². The topological polar surface area (TPSA) is 88.5 Å². The Hall–Kier alpha value is -2.42. The molecule has 4 bridgehead atoms. The van der Waals surface area contributed by atoms with Crippen molar-refractivity contribution in [3.63, 3.8) is 0 Å². The molecule has 3 fully saturated rings. The number of piperidine rings is 1. The summed E-state index contributed by atoms with van der Waals surface area (Å²) in [5.74, 6) is 0.555. The summed E-state index contributed by atoms with van der Waals surface area (Å²) in [5, 5.41) is 12.1.